The average molecular weight is 351 g/mol. The molecule has 1 aromatic heterocycles. The van der Waals surface area contributed by atoms with Crippen LogP contribution in [0.3, 0.4) is 0 Å². The van der Waals surface area contributed by atoms with Crippen LogP contribution >= 0.6 is 11.3 Å². The second-order valence-corrected chi connectivity index (χ2v) is 8.22. The molecule has 5 nitrogen and oxygen atoms in total. The summed E-state index contributed by atoms with van der Waals surface area (Å²) in [5, 5.41) is 10.6. The van der Waals surface area contributed by atoms with Gasteiger partial charge in [-0.3, -0.25) is 4.99 Å². The molecule has 0 saturated carbocycles. The molecular formula is C16H21N3O2S2. The summed E-state index contributed by atoms with van der Waals surface area (Å²) in [6.45, 7) is 1.36. The van der Waals surface area contributed by atoms with E-state index in [4.69, 9.17) is 0 Å². The van der Waals surface area contributed by atoms with Crippen LogP contribution in [-0.2, 0) is 28.7 Å². The monoisotopic (exact) mass is 351 g/mol. The molecule has 0 amide bonds. The molecule has 1 aromatic carbocycles. The molecule has 0 bridgehead atoms. The van der Waals surface area contributed by atoms with Crippen molar-refractivity contribution < 1.29 is 8.42 Å². The average Bonchev–Trinajstić information content (AvgIpc) is 3.01. The first-order valence-electron chi connectivity index (χ1n) is 7.17. The van der Waals surface area contributed by atoms with Crippen molar-refractivity contribution in [2.45, 2.75) is 18.8 Å². The third-order valence-electron chi connectivity index (χ3n) is 3.18. The quantitative estimate of drug-likeness (QED) is 0.618. The Bertz CT molecular complexity index is 736. The third kappa shape index (κ3) is 6.42. The number of hydrogen-bond donors (Lipinski definition) is 2. The van der Waals surface area contributed by atoms with Crippen LogP contribution < -0.4 is 10.6 Å². The predicted octanol–water partition coefficient (Wildman–Crippen LogP) is 2.16. The highest BCUT2D eigenvalue weighted by molar-refractivity contribution is 7.89. The zero-order valence-electron chi connectivity index (χ0n) is 13.2. The van der Waals surface area contributed by atoms with Gasteiger partial charge in [0.25, 0.3) is 0 Å². The van der Waals surface area contributed by atoms with Crippen molar-refractivity contribution in [3.05, 3.63) is 57.8 Å². The number of nitrogens with one attached hydrogen (secondary N) is 2. The van der Waals surface area contributed by atoms with Crippen LogP contribution in [0.25, 0.3) is 0 Å². The minimum absolute atomic E-state index is 0.0740. The van der Waals surface area contributed by atoms with E-state index in [9.17, 15) is 8.42 Å². The van der Waals surface area contributed by atoms with Gasteiger partial charge in [-0.2, -0.15) is 11.3 Å². The molecule has 124 valence electrons. The maximum atomic E-state index is 11.3. The Labute approximate surface area is 141 Å². The molecule has 2 rings (SSSR count). The van der Waals surface area contributed by atoms with Gasteiger partial charge in [0.05, 0.1) is 5.75 Å². The van der Waals surface area contributed by atoms with Gasteiger partial charge < -0.3 is 10.6 Å². The molecule has 1 heterocycles. The highest BCUT2D eigenvalue weighted by Gasteiger charge is 2.04. The van der Waals surface area contributed by atoms with Gasteiger partial charge in [-0.25, -0.2) is 8.42 Å². The first-order valence-corrected chi connectivity index (χ1v) is 10.2. The Kier molecular flexibility index (Phi) is 6.18. The third-order valence-corrected chi connectivity index (χ3v) is 4.77. The van der Waals surface area contributed by atoms with Crippen molar-refractivity contribution in [1.82, 2.24) is 10.6 Å². The van der Waals surface area contributed by atoms with Crippen molar-refractivity contribution in [3.8, 4) is 0 Å². The summed E-state index contributed by atoms with van der Waals surface area (Å²) in [5.74, 6) is 0.807. The van der Waals surface area contributed by atoms with Crippen molar-refractivity contribution in [2.75, 3.05) is 13.3 Å². The summed E-state index contributed by atoms with van der Waals surface area (Å²) < 4.78 is 22.5. The number of guanidine groups is 1. The summed E-state index contributed by atoms with van der Waals surface area (Å²) >= 11 is 1.67. The van der Waals surface area contributed by atoms with Gasteiger partial charge in [0.15, 0.2) is 15.8 Å². The number of hydrogen-bond acceptors (Lipinski definition) is 4. The van der Waals surface area contributed by atoms with Crippen LogP contribution in [0.15, 0.2) is 46.1 Å². The molecule has 0 radical (unpaired) electrons. The first-order chi connectivity index (χ1) is 11.0. The van der Waals surface area contributed by atoms with Gasteiger partial charge in [0.1, 0.15) is 0 Å². The molecule has 0 aliphatic carbocycles. The number of thiophene rings is 1. The second kappa shape index (κ2) is 8.12. The van der Waals surface area contributed by atoms with Crippen LogP contribution in [0.4, 0.5) is 0 Å². The first kappa shape index (κ1) is 17.5. The largest absolute Gasteiger partial charge is 0.352 e. The SMILES string of the molecule is CN=C(NCc1ccc(CS(C)(=O)=O)cc1)NCc1ccsc1. The van der Waals surface area contributed by atoms with E-state index in [2.05, 4.69) is 27.1 Å². The van der Waals surface area contributed by atoms with E-state index in [1.807, 2.05) is 29.6 Å². The molecule has 23 heavy (non-hydrogen) atoms. The van der Waals surface area contributed by atoms with Crippen LogP contribution in [0.5, 0.6) is 0 Å². The summed E-state index contributed by atoms with van der Waals surface area (Å²) in [6.07, 6.45) is 1.24. The van der Waals surface area contributed by atoms with Crippen molar-refractivity contribution >= 4 is 27.1 Å². The molecule has 0 aliphatic heterocycles. The number of sulfone groups is 1. The van der Waals surface area contributed by atoms with Gasteiger partial charge >= 0.3 is 0 Å². The lowest BCUT2D eigenvalue weighted by Crippen LogP contribution is -2.36. The minimum atomic E-state index is -2.99. The van der Waals surface area contributed by atoms with E-state index in [-0.39, 0.29) is 5.75 Å². The van der Waals surface area contributed by atoms with Crippen molar-refractivity contribution in [3.63, 3.8) is 0 Å². The lowest BCUT2D eigenvalue weighted by atomic mass is 10.1. The molecule has 7 heteroatoms. The lowest BCUT2D eigenvalue weighted by Gasteiger charge is -2.11. The van der Waals surface area contributed by atoms with E-state index in [0.717, 1.165) is 23.6 Å². The summed E-state index contributed by atoms with van der Waals surface area (Å²) in [7, 11) is -1.26. The van der Waals surface area contributed by atoms with Gasteiger partial charge in [-0.1, -0.05) is 24.3 Å². The fourth-order valence-corrected chi connectivity index (χ4v) is 3.51. The molecule has 0 spiro atoms. The van der Waals surface area contributed by atoms with E-state index in [1.54, 1.807) is 18.4 Å². The molecule has 0 atom stereocenters. The van der Waals surface area contributed by atoms with Crippen molar-refractivity contribution in [2.24, 2.45) is 4.99 Å². The predicted molar refractivity (Wildman–Crippen MR) is 96.3 cm³/mol. The summed E-state index contributed by atoms with van der Waals surface area (Å²) in [5.41, 5.74) is 3.10. The standard InChI is InChI=1S/C16H21N3O2S2/c1-17-16(19-10-15-7-8-22-11-15)18-9-13-3-5-14(6-4-13)12-23(2,20)21/h3-8,11H,9-10,12H2,1-2H3,(H2,17,18,19). The number of aliphatic imine (C=N–C) groups is 1. The summed E-state index contributed by atoms with van der Waals surface area (Å²) in [6, 6.07) is 9.63. The number of nitrogens with zero attached hydrogens (tertiary/aromatic N) is 1. The van der Waals surface area contributed by atoms with E-state index in [0.29, 0.717) is 6.54 Å². The number of benzene rings is 1. The van der Waals surface area contributed by atoms with Crippen LogP contribution in [0, 0.1) is 0 Å². The topological polar surface area (TPSA) is 70.6 Å². The van der Waals surface area contributed by atoms with Crippen molar-refractivity contribution in [1.29, 1.82) is 0 Å². The fraction of sp³-hybridized carbons (Fsp3) is 0.312. The Hall–Kier alpha value is -1.86. The molecule has 0 saturated heterocycles. The Morgan fingerprint density at radius 2 is 1.65 bits per heavy atom. The lowest BCUT2D eigenvalue weighted by molar-refractivity contribution is 0.601. The highest BCUT2D eigenvalue weighted by atomic mass is 32.2. The zero-order valence-corrected chi connectivity index (χ0v) is 14.9. The van der Waals surface area contributed by atoms with Gasteiger partial charge in [-0.05, 0) is 33.5 Å². The van der Waals surface area contributed by atoms with Crippen LogP contribution in [0.2, 0.25) is 0 Å². The molecule has 0 aliphatic rings. The Morgan fingerprint density at radius 3 is 2.17 bits per heavy atom. The maximum absolute atomic E-state index is 11.3. The minimum Gasteiger partial charge on any atom is -0.352 e. The van der Waals surface area contributed by atoms with E-state index >= 15 is 0 Å². The molecule has 0 unspecified atom stereocenters. The van der Waals surface area contributed by atoms with Gasteiger partial charge in [0, 0.05) is 26.4 Å². The van der Waals surface area contributed by atoms with Crippen LogP contribution in [-0.4, -0.2) is 27.7 Å². The molecular weight excluding hydrogens is 330 g/mol. The normalized spacial score (nSPS) is 12.2. The molecule has 2 N–H and O–H groups in total. The number of rotatable bonds is 6. The van der Waals surface area contributed by atoms with Gasteiger partial charge in [0.2, 0.25) is 0 Å². The highest BCUT2D eigenvalue weighted by Crippen LogP contribution is 2.08. The molecule has 2 aromatic rings. The maximum Gasteiger partial charge on any atom is 0.191 e. The van der Waals surface area contributed by atoms with E-state index in [1.165, 1.54) is 11.8 Å². The Balaban J connectivity index is 1.84. The Morgan fingerprint density at radius 1 is 1.04 bits per heavy atom. The van der Waals surface area contributed by atoms with Gasteiger partial charge in [-0.15, -0.1) is 0 Å². The smallest absolute Gasteiger partial charge is 0.191 e. The molecule has 0 fully saturated rings. The fourth-order valence-electron chi connectivity index (χ4n) is 2.04. The summed E-state index contributed by atoms with van der Waals surface area (Å²) in [4.78, 5) is 4.19. The van der Waals surface area contributed by atoms with Crippen LogP contribution in [0.1, 0.15) is 16.7 Å². The van der Waals surface area contributed by atoms with E-state index < -0.39 is 9.84 Å². The second-order valence-electron chi connectivity index (χ2n) is 5.30. The zero-order chi connectivity index (χ0) is 16.7.